The zero-order valence-electron chi connectivity index (χ0n) is 8.03. The molecule has 1 aromatic heterocycles. The second-order valence-electron chi connectivity index (χ2n) is 3.42. The average molecular weight is 188 g/mol. The summed E-state index contributed by atoms with van der Waals surface area (Å²) in [6.07, 6.45) is 8.62. The molecule has 14 heavy (non-hydrogen) atoms. The van der Waals surface area contributed by atoms with E-state index >= 15 is 0 Å². The van der Waals surface area contributed by atoms with E-state index in [0.29, 0.717) is 0 Å². The second-order valence-corrected chi connectivity index (χ2v) is 3.42. The van der Waals surface area contributed by atoms with Crippen LogP contribution in [0.2, 0.25) is 0 Å². The largest absolute Gasteiger partial charge is 0.350 e. The summed E-state index contributed by atoms with van der Waals surface area (Å²) in [5.74, 6) is 0.0113. The van der Waals surface area contributed by atoms with Gasteiger partial charge in [-0.2, -0.15) is 0 Å². The third-order valence-corrected chi connectivity index (χ3v) is 2.25. The van der Waals surface area contributed by atoms with Gasteiger partial charge in [0.1, 0.15) is 0 Å². The predicted octanol–water partition coefficient (Wildman–Crippen LogP) is -0.449. The summed E-state index contributed by atoms with van der Waals surface area (Å²) in [7, 11) is 0. The number of nitrogens with zero attached hydrogens (tertiary/aromatic N) is 1. The first-order chi connectivity index (χ1) is 6.75. The fraction of sp³-hybridized carbons (Fsp3) is 0.273. The standard InChI is InChI=1S/C11H12N2O/c1-8(14)13-11-3-2-10-7-12-5-4-9(10)6-11/h2,4-7,11H,3H2,1H3,(H,13,14). The fourth-order valence-electron chi connectivity index (χ4n) is 1.64. The lowest BCUT2D eigenvalue weighted by Gasteiger charge is -2.14. The zero-order chi connectivity index (χ0) is 9.97. The first-order valence-corrected chi connectivity index (χ1v) is 4.65. The van der Waals surface area contributed by atoms with E-state index in [1.54, 1.807) is 6.20 Å². The SMILES string of the molecule is CC(=O)NC1C=c2ccncc2=CC1. The van der Waals surface area contributed by atoms with Gasteiger partial charge in [-0.05, 0) is 22.9 Å². The summed E-state index contributed by atoms with van der Waals surface area (Å²) < 4.78 is 0. The number of aromatic nitrogens is 1. The van der Waals surface area contributed by atoms with Crippen LogP contribution in [0.15, 0.2) is 18.5 Å². The Labute approximate surface area is 82.2 Å². The molecule has 0 spiro atoms. The first kappa shape index (κ1) is 8.94. The highest BCUT2D eigenvalue weighted by atomic mass is 16.1. The molecule has 1 unspecified atom stereocenters. The Morgan fingerprint density at radius 3 is 3.21 bits per heavy atom. The molecule has 0 saturated carbocycles. The van der Waals surface area contributed by atoms with Gasteiger partial charge >= 0.3 is 0 Å². The van der Waals surface area contributed by atoms with Crippen LogP contribution in [-0.4, -0.2) is 16.9 Å². The van der Waals surface area contributed by atoms with Crippen molar-refractivity contribution in [3.8, 4) is 0 Å². The van der Waals surface area contributed by atoms with Crippen LogP contribution < -0.4 is 15.8 Å². The van der Waals surface area contributed by atoms with Gasteiger partial charge in [-0.15, -0.1) is 0 Å². The van der Waals surface area contributed by atoms with E-state index in [0.717, 1.165) is 16.9 Å². The molecule has 1 amide bonds. The highest BCUT2D eigenvalue weighted by Gasteiger charge is 2.07. The van der Waals surface area contributed by atoms with Crippen molar-refractivity contribution in [2.45, 2.75) is 19.4 Å². The molecule has 1 heterocycles. The second kappa shape index (κ2) is 3.62. The molecule has 3 nitrogen and oxygen atoms in total. The van der Waals surface area contributed by atoms with Crippen molar-refractivity contribution >= 4 is 18.1 Å². The number of nitrogens with one attached hydrogen (secondary N) is 1. The van der Waals surface area contributed by atoms with Crippen LogP contribution in [0.5, 0.6) is 0 Å². The molecule has 0 radical (unpaired) electrons. The van der Waals surface area contributed by atoms with Gasteiger partial charge < -0.3 is 5.32 Å². The molecule has 0 saturated heterocycles. The maximum Gasteiger partial charge on any atom is 0.217 e. The fourth-order valence-corrected chi connectivity index (χ4v) is 1.64. The van der Waals surface area contributed by atoms with Crippen molar-refractivity contribution in [2.75, 3.05) is 0 Å². The zero-order valence-corrected chi connectivity index (χ0v) is 8.03. The number of fused-ring (bicyclic) bond motifs is 1. The quantitative estimate of drug-likeness (QED) is 0.648. The maximum atomic E-state index is 10.9. The monoisotopic (exact) mass is 188 g/mol. The van der Waals surface area contributed by atoms with Gasteiger partial charge in [-0.1, -0.05) is 12.2 Å². The molecule has 72 valence electrons. The Bertz CT molecular complexity index is 464. The molecule has 1 aromatic rings. The summed E-state index contributed by atoms with van der Waals surface area (Å²) in [6, 6.07) is 2.09. The van der Waals surface area contributed by atoms with Gasteiger partial charge in [0, 0.05) is 19.3 Å². The van der Waals surface area contributed by atoms with E-state index in [1.165, 1.54) is 6.92 Å². The molecule has 0 aliphatic heterocycles. The van der Waals surface area contributed by atoms with Crippen LogP contribution in [-0.2, 0) is 4.79 Å². The molecule has 2 rings (SSSR count). The Morgan fingerprint density at radius 1 is 1.57 bits per heavy atom. The number of amides is 1. The van der Waals surface area contributed by atoms with Crippen LogP contribution in [0.3, 0.4) is 0 Å². The van der Waals surface area contributed by atoms with E-state index in [-0.39, 0.29) is 11.9 Å². The third kappa shape index (κ3) is 1.82. The minimum atomic E-state index is 0.0113. The molecule has 3 heteroatoms. The molecule has 1 atom stereocenters. The summed E-state index contributed by atoms with van der Waals surface area (Å²) in [4.78, 5) is 14.9. The number of carbonyl (C=O) groups excluding carboxylic acids is 1. The number of carbonyl (C=O) groups is 1. The van der Waals surface area contributed by atoms with Gasteiger partial charge in [-0.3, -0.25) is 9.78 Å². The highest BCUT2D eigenvalue weighted by Crippen LogP contribution is 1.97. The van der Waals surface area contributed by atoms with Gasteiger partial charge in [0.25, 0.3) is 0 Å². The van der Waals surface area contributed by atoms with Gasteiger partial charge in [0.05, 0.1) is 6.04 Å². The smallest absolute Gasteiger partial charge is 0.217 e. The van der Waals surface area contributed by atoms with Gasteiger partial charge in [0.2, 0.25) is 5.91 Å². The normalized spacial score (nSPS) is 18.8. The summed E-state index contributed by atoms with van der Waals surface area (Å²) >= 11 is 0. The molecule has 0 fully saturated rings. The number of rotatable bonds is 1. The minimum Gasteiger partial charge on any atom is -0.350 e. The Balaban J connectivity index is 2.34. The molecular formula is C11H12N2O. The topological polar surface area (TPSA) is 42.0 Å². The van der Waals surface area contributed by atoms with Crippen molar-refractivity contribution < 1.29 is 4.79 Å². The van der Waals surface area contributed by atoms with Crippen LogP contribution in [0.25, 0.3) is 12.2 Å². The first-order valence-electron chi connectivity index (χ1n) is 4.65. The summed E-state index contributed by atoms with van der Waals surface area (Å²) in [5, 5.41) is 5.17. The number of pyridine rings is 1. The number of hydrogen-bond donors (Lipinski definition) is 1. The van der Waals surface area contributed by atoms with Crippen LogP contribution in [0, 0.1) is 0 Å². The van der Waals surface area contributed by atoms with E-state index in [1.807, 2.05) is 12.3 Å². The van der Waals surface area contributed by atoms with E-state index in [4.69, 9.17) is 0 Å². The minimum absolute atomic E-state index is 0.0113. The van der Waals surface area contributed by atoms with Crippen molar-refractivity contribution in [3.63, 3.8) is 0 Å². The van der Waals surface area contributed by atoms with E-state index in [9.17, 15) is 4.79 Å². The molecule has 0 aromatic carbocycles. The maximum absolute atomic E-state index is 10.9. The Morgan fingerprint density at radius 2 is 2.43 bits per heavy atom. The summed E-state index contributed by atoms with van der Waals surface area (Å²) in [5.41, 5.74) is 0. The van der Waals surface area contributed by atoms with E-state index in [2.05, 4.69) is 22.5 Å². The molecule has 1 N–H and O–H groups in total. The average Bonchev–Trinajstić information content (AvgIpc) is 2.17. The molecule has 0 bridgehead atoms. The van der Waals surface area contributed by atoms with Crippen LogP contribution >= 0.6 is 0 Å². The molecule has 1 aliphatic rings. The van der Waals surface area contributed by atoms with Crippen LogP contribution in [0.1, 0.15) is 13.3 Å². The lowest BCUT2D eigenvalue weighted by atomic mass is 10.1. The lowest BCUT2D eigenvalue weighted by molar-refractivity contribution is -0.119. The van der Waals surface area contributed by atoms with Gasteiger partial charge in [-0.25, -0.2) is 0 Å². The number of hydrogen-bond acceptors (Lipinski definition) is 2. The Kier molecular flexibility index (Phi) is 2.31. The Hall–Kier alpha value is -1.64. The van der Waals surface area contributed by atoms with Crippen molar-refractivity contribution in [1.29, 1.82) is 0 Å². The molecular weight excluding hydrogens is 176 g/mol. The lowest BCUT2D eigenvalue weighted by Crippen LogP contribution is -2.38. The highest BCUT2D eigenvalue weighted by molar-refractivity contribution is 5.74. The van der Waals surface area contributed by atoms with E-state index < -0.39 is 0 Å². The molecule has 1 aliphatic carbocycles. The van der Waals surface area contributed by atoms with Crippen LogP contribution in [0.4, 0.5) is 0 Å². The summed E-state index contributed by atoms with van der Waals surface area (Å²) in [6.45, 7) is 1.54. The predicted molar refractivity (Wildman–Crippen MR) is 54.6 cm³/mol. The van der Waals surface area contributed by atoms with Gasteiger partial charge in [0.15, 0.2) is 0 Å². The van der Waals surface area contributed by atoms with Crippen molar-refractivity contribution in [1.82, 2.24) is 10.3 Å². The third-order valence-electron chi connectivity index (χ3n) is 2.25. The van der Waals surface area contributed by atoms with Crippen molar-refractivity contribution in [2.24, 2.45) is 0 Å². The van der Waals surface area contributed by atoms with Crippen molar-refractivity contribution in [3.05, 3.63) is 28.9 Å².